The number of hydrogen-bond acceptors (Lipinski definition) is 6. The lowest BCUT2D eigenvalue weighted by Gasteiger charge is -2.04. The van der Waals surface area contributed by atoms with Gasteiger partial charge in [0.25, 0.3) is 0 Å². The first-order valence-corrected chi connectivity index (χ1v) is 7.35. The van der Waals surface area contributed by atoms with Crippen molar-refractivity contribution in [3.63, 3.8) is 0 Å². The van der Waals surface area contributed by atoms with E-state index in [1.165, 1.54) is 11.3 Å². The number of hydrogen-bond donors (Lipinski definition) is 1. The second-order valence-corrected chi connectivity index (χ2v) is 5.07. The molecule has 0 spiro atoms. The predicted molar refractivity (Wildman–Crippen MR) is 79.9 cm³/mol. The fraction of sp³-hybridized carbons (Fsp3) is 0.357. The molecule has 1 N–H and O–H groups in total. The third-order valence-electron chi connectivity index (χ3n) is 2.59. The molecule has 0 unspecified atom stereocenters. The fourth-order valence-electron chi connectivity index (χ4n) is 1.56. The number of aromatic nitrogens is 2. The highest BCUT2D eigenvalue weighted by molar-refractivity contribution is 7.13. The highest BCUT2D eigenvalue weighted by atomic mass is 32.1. The summed E-state index contributed by atoms with van der Waals surface area (Å²) in [4.78, 5) is 20.1. The summed E-state index contributed by atoms with van der Waals surface area (Å²) in [6.07, 6.45) is 3.49. The van der Waals surface area contributed by atoms with Gasteiger partial charge in [-0.05, 0) is 12.1 Å². The SMILES string of the molecule is COCCOCC(=O)NCc1csc(-c2cccnc2)n1. The van der Waals surface area contributed by atoms with E-state index in [1.807, 2.05) is 17.5 Å². The Morgan fingerprint density at radius 1 is 1.43 bits per heavy atom. The zero-order valence-corrected chi connectivity index (χ0v) is 12.6. The number of rotatable bonds is 8. The van der Waals surface area contributed by atoms with Gasteiger partial charge in [-0.15, -0.1) is 11.3 Å². The maximum Gasteiger partial charge on any atom is 0.246 e. The highest BCUT2D eigenvalue weighted by Gasteiger charge is 2.06. The zero-order chi connectivity index (χ0) is 14.9. The van der Waals surface area contributed by atoms with Gasteiger partial charge in [0.15, 0.2) is 0 Å². The minimum absolute atomic E-state index is 0.0307. The quantitative estimate of drug-likeness (QED) is 0.748. The summed E-state index contributed by atoms with van der Waals surface area (Å²) in [5.41, 5.74) is 1.80. The molecule has 0 atom stereocenters. The van der Waals surface area contributed by atoms with Crippen LogP contribution in [0.1, 0.15) is 5.69 Å². The van der Waals surface area contributed by atoms with Gasteiger partial charge in [-0.2, -0.15) is 0 Å². The number of nitrogens with zero attached hydrogens (tertiary/aromatic N) is 2. The van der Waals surface area contributed by atoms with Gasteiger partial charge in [0.1, 0.15) is 11.6 Å². The fourth-order valence-corrected chi connectivity index (χ4v) is 2.37. The maximum atomic E-state index is 11.5. The molecule has 0 fully saturated rings. The van der Waals surface area contributed by atoms with Crippen LogP contribution < -0.4 is 5.32 Å². The van der Waals surface area contributed by atoms with Crippen LogP contribution in [0.5, 0.6) is 0 Å². The van der Waals surface area contributed by atoms with Crippen LogP contribution >= 0.6 is 11.3 Å². The number of carbonyl (C=O) groups excluding carboxylic acids is 1. The minimum Gasteiger partial charge on any atom is -0.382 e. The molecule has 7 heteroatoms. The molecule has 0 aliphatic heterocycles. The summed E-state index contributed by atoms with van der Waals surface area (Å²) < 4.78 is 9.96. The summed E-state index contributed by atoms with van der Waals surface area (Å²) >= 11 is 1.53. The van der Waals surface area contributed by atoms with Gasteiger partial charge < -0.3 is 14.8 Å². The first-order chi connectivity index (χ1) is 10.3. The van der Waals surface area contributed by atoms with Crippen LogP contribution in [0, 0.1) is 0 Å². The maximum absolute atomic E-state index is 11.5. The Balaban J connectivity index is 1.77. The van der Waals surface area contributed by atoms with Crippen LogP contribution in [0.3, 0.4) is 0 Å². The van der Waals surface area contributed by atoms with E-state index in [-0.39, 0.29) is 12.5 Å². The van der Waals surface area contributed by atoms with Crippen molar-refractivity contribution >= 4 is 17.2 Å². The second kappa shape index (κ2) is 8.46. The smallest absolute Gasteiger partial charge is 0.246 e. The molecule has 112 valence electrons. The Bertz CT molecular complexity index is 560. The molecule has 21 heavy (non-hydrogen) atoms. The van der Waals surface area contributed by atoms with Crippen LogP contribution in [0.2, 0.25) is 0 Å². The standard InChI is InChI=1S/C14H17N3O3S/c1-19-5-6-20-9-13(18)16-8-12-10-21-14(17-12)11-3-2-4-15-7-11/h2-4,7,10H,5-6,8-9H2,1H3,(H,16,18). The average Bonchev–Trinajstić information content (AvgIpc) is 2.99. The Morgan fingerprint density at radius 2 is 2.33 bits per heavy atom. The Labute approximate surface area is 127 Å². The monoisotopic (exact) mass is 307 g/mol. The van der Waals surface area contributed by atoms with Gasteiger partial charge in [-0.3, -0.25) is 9.78 Å². The Hall–Kier alpha value is -1.83. The summed E-state index contributed by atoms with van der Waals surface area (Å²) in [5, 5.41) is 5.58. The molecule has 2 aromatic rings. The van der Waals surface area contributed by atoms with Gasteiger partial charge >= 0.3 is 0 Å². The van der Waals surface area contributed by atoms with Crippen molar-refractivity contribution in [3.8, 4) is 10.6 Å². The number of thiazole rings is 1. The number of carbonyl (C=O) groups is 1. The number of amides is 1. The molecular weight excluding hydrogens is 290 g/mol. The Kier molecular flexibility index (Phi) is 6.26. The van der Waals surface area contributed by atoms with Crippen molar-refractivity contribution in [2.45, 2.75) is 6.54 Å². The molecule has 0 radical (unpaired) electrons. The minimum atomic E-state index is -0.165. The van der Waals surface area contributed by atoms with Crippen LogP contribution in [-0.4, -0.2) is 42.8 Å². The molecule has 0 saturated heterocycles. The lowest BCUT2D eigenvalue weighted by molar-refractivity contribution is -0.126. The topological polar surface area (TPSA) is 73.3 Å². The van der Waals surface area contributed by atoms with Crippen molar-refractivity contribution in [2.75, 3.05) is 26.9 Å². The van der Waals surface area contributed by atoms with Gasteiger partial charge in [0.05, 0.1) is 25.5 Å². The normalized spacial score (nSPS) is 10.5. The molecule has 0 saturated carbocycles. The lowest BCUT2D eigenvalue weighted by Crippen LogP contribution is -2.27. The van der Waals surface area contributed by atoms with Gasteiger partial charge in [-0.25, -0.2) is 4.98 Å². The largest absolute Gasteiger partial charge is 0.382 e. The molecule has 2 aromatic heterocycles. The first kappa shape index (κ1) is 15.6. The number of methoxy groups -OCH3 is 1. The van der Waals surface area contributed by atoms with Gasteiger partial charge in [0, 0.05) is 30.4 Å². The molecule has 6 nitrogen and oxygen atoms in total. The Morgan fingerprint density at radius 3 is 3.10 bits per heavy atom. The average molecular weight is 307 g/mol. The summed E-state index contributed by atoms with van der Waals surface area (Å²) in [6.45, 7) is 1.31. The van der Waals surface area contributed by atoms with Crippen molar-refractivity contribution in [1.29, 1.82) is 0 Å². The molecule has 1 amide bonds. The van der Waals surface area contributed by atoms with Crippen molar-refractivity contribution in [1.82, 2.24) is 15.3 Å². The van der Waals surface area contributed by atoms with Crippen molar-refractivity contribution in [3.05, 3.63) is 35.6 Å². The zero-order valence-electron chi connectivity index (χ0n) is 11.7. The van der Waals surface area contributed by atoms with Crippen LogP contribution in [0.4, 0.5) is 0 Å². The van der Waals surface area contributed by atoms with E-state index in [0.29, 0.717) is 19.8 Å². The van der Waals surface area contributed by atoms with Gasteiger partial charge in [-0.1, -0.05) is 0 Å². The summed E-state index contributed by atoms with van der Waals surface area (Å²) in [6, 6.07) is 3.83. The first-order valence-electron chi connectivity index (χ1n) is 6.48. The summed E-state index contributed by atoms with van der Waals surface area (Å²) in [7, 11) is 1.59. The third-order valence-corrected chi connectivity index (χ3v) is 3.53. The van der Waals surface area contributed by atoms with Crippen LogP contribution in [-0.2, 0) is 20.8 Å². The van der Waals surface area contributed by atoms with E-state index in [9.17, 15) is 4.79 Å². The summed E-state index contributed by atoms with van der Waals surface area (Å²) in [5.74, 6) is -0.165. The molecular formula is C14H17N3O3S. The molecule has 2 rings (SSSR count). The van der Waals surface area contributed by atoms with Crippen LogP contribution in [0.15, 0.2) is 29.9 Å². The second-order valence-electron chi connectivity index (χ2n) is 4.21. The van der Waals surface area contributed by atoms with Crippen LogP contribution in [0.25, 0.3) is 10.6 Å². The van der Waals surface area contributed by atoms with Gasteiger partial charge in [0.2, 0.25) is 5.91 Å². The molecule has 0 aliphatic rings. The molecule has 0 aliphatic carbocycles. The highest BCUT2D eigenvalue weighted by Crippen LogP contribution is 2.22. The lowest BCUT2D eigenvalue weighted by atomic mass is 10.3. The third kappa shape index (κ3) is 5.22. The van der Waals surface area contributed by atoms with E-state index < -0.39 is 0 Å². The van der Waals surface area contributed by atoms with E-state index >= 15 is 0 Å². The molecule has 2 heterocycles. The number of pyridine rings is 1. The van der Waals surface area contributed by atoms with E-state index in [1.54, 1.807) is 19.5 Å². The molecule has 0 aromatic carbocycles. The van der Waals surface area contributed by atoms with E-state index in [0.717, 1.165) is 16.3 Å². The molecule has 0 bridgehead atoms. The predicted octanol–water partition coefficient (Wildman–Crippen LogP) is 1.48. The van der Waals surface area contributed by atoms with Crippen molar-refractivity contribution in [2.24, 2.45) is 0 Å². The van der Waals surface area contributed by atoms with E-state index in [4.69, 9.17) is 9.47 Å². The number of nitrogens with one attached hydrogen (secondary N) is 1. The van der Waals surface area contributed by atoms with Crippen molar-refractivity contribution < 1.29 is 14.3 Å². The number of ether oxygens (including phenoxy) is 2. The van der Waals surface area contributed by atoms with E-state index in [2.05, 4.69) is 15.3 Å².